The van der Waals surface area contributed by atoms with Gasteiger partial charge in [0.2, 0.25) is 17.7 Å². The first-order valence-corrected chi connectivity index (χ1v) is 8.66. The van der Waals surface area contributed by atoms with Gasteiger partial charge in [0.05, 0.1) is 6.54 Å². The molecule has 2 fully saturated rings. The summed E-state index contributed by atoms with van der Waals surface area (Å²) in [6, 6.07) is 0.121. The Morgan fingerprint density at radius 1 is 1.30 bits per heavy atom. The first-order valence-electron chi connectivity index (χ1n) is 8.66. The lowest BCUT2D eigenvalue weighted by atomic mass is 10.0. The van der Waals surface area contributed by atoms with Gasteiger partial charge in [0, 0.05) is 51.6 Å². The van der Waals surface area contributed by atoms with Gasteiger partial charge in [-0.3, -0.25) is 14.4 Å². The minimum atomic E-state index is -0.0638. The molecule has 2 saturated heterocycles. The normalized spacial score (nSPS) is 22.1. The molecule has 2 rings (SSSR count). The Kier molecular flexibility index (Phi) is 6.83. The van der Waals surface area contributed by atoms with E-state index in [4.69, 9.17) is 0 Å². The molecule has 3 amide bonds. The van der Waals surface area contributed by atoms with Gasteiger partial charge in [0.1, 0.15) is 0 Å². The van der Waals surface area contributed by atoms with Gasteiger partial charge in [0.25, 0.3) is 0 Å². The van der Waals surface area contributed by atoms with Gasteiger partial charge in [-0.2, -0.15) is 0 Å². The number of nitrogens with one attached hydrogen (secondary N) is 2. The van der Waals surface area contributed by atoms with Crippen LogP contribution in [-0.2, 0) is 14.4 Å². The molecule has 0 spiro atoms. The van der Waals surface area contributed by atoms with Crippen LogP contribution >= 0.6 is 0 Å². The zero-order valence-corrected chi connectivity index (χ0v) is 14.0. The van der Waals surface area contributed by atoms with E-state index in [1.165, 1.54) is 0 Å². The number of likely N-dealkylation sites (tertiary alicyclic amines) is 1. The number of piperidine rings is 1. The monoisotopic (exact) mass is 324 g/mol. The van der Waals surface area contributed by atoms with Crippen LogP contribution in [0.4, 0.5) is 0 Å². The van der Waals surface area contributed by atoms with Crippen molar-refractivity contribution in [1.29, 1.82) is 0 Å². The van der Waals surface area contributed by atoms with E-state index in [1.54, 1.807) is 0 Å². The van der Waals surface area contributed by atoms with E-state index in [0.717, 1.165) is 32.4 Å². The Hall–Kier alpha value is -1.63. The fourth-order valence-corrected chi connectivity index (χ4v) is 3.17. The second-order valence-corrected chi connectivity index (χ2v) is 6.25. The van der Waals surface area contributed by atoms with E-state index < -0.39 is 0 Å². The fourth-order valence-electron chi connectivity index (χ4n) is 3.17. The number of nitrogens with zero attached hydrogens (tertiary/aromatic N) is 2. The second kappa shape index (κ2) is 8.86. The molecule has 2 heterocycles. The van der Waals surface area contributed by atoms with Gasteiger partial charge in [0.15, 0.2) is 0 Å². The molecular formula is C16H28N4O3. The average Bonchev–Trinajstić information content (AvgIpc) is 2.58. The van der Waals surface area contributed by atoms with Gasteiger partial charge >= 0.3 is 0 Å². The molecule has 2 aliphatic rings. The zero-order chi connectivity index (χ0) is 16.7. The van der Waals surface area contributed by atoms with Crippen LogP contribution in [0.25, 0.3) is 0 Å². The van der Waals surface area contributed by atoms with Gasteiger partial charge in [-0.15, -0.1) is 0 Å². The Bertz CT molecular complexity index is 441. The summed E-state index contributed by atoms with van der Waals surface area (Å²) in [6.07, 6.45) is 3.25. The van der Waals surface area contributed by atoms with Crippen molar-refractivity contribution in [3.63, 3.8) is 0 Å². The van der Waals surface area contributed by atoms with E-state index in [9.17, 15) is 14.4 Å². The highest BCUT2D eigenvalue weighted by Gasteiger charge is 2.31. The molecule has 0 aromatic carbocycles. The number of hydrogen-bond donors (Lipinski definition) is 2. The van der Waals surface area contributed by atoms with Gasteiger partial charge in [-0.25, -0.2) is 0 Å². The third kappa shape index (κ3) is 5.20. The minimum absolute atomic E-state index is 0.0175. The maximum absolute atomic E-state index is 12.3. The summed E-state index contributed by atoms with van der Waals surface area (Å²) in [7, 11) is 0. The standard InChI is InChI=1S/C16H28N4O3/c1-2-7-18-14(21)5-6-15(22)19-9-3-4-13(12-19)20-10-8-17-11-16(20)23/h13,17H,2-12H2,1H3,(H,18,21). The lowest BCUT2D eigenvalue weighted by Gasteiger charge is -2.41. The van der Waals surface area contributed by atoms with E-state index in [0.29, 0.717) is 26.2 Å². The number of hydrogen-bond acceptors (Lipinski definition) is 4. The van der Waals surface area contributed by atoms with Crippen LogP contribution in [0.3, 0.4) is 0 Å². The topological polar surface area (TPSA) is 81.8 Å². The number of piperazine rings is 1. The summed E-state index contributed by atoms with van der Waals surface area (Å²) >= 11 is 0. The average molecular weight is 324 g/mol. The summed E-state index contributed by atoms with van der Waals surface area (Å²) in [5, 5.41) is 5.86. The molecular weight excluding hydrogens is 296 g/mol. The molecule has 1 unspecified atom stereocenters. The highest BCUT2D eigenvalue weighted by molar-refractivity contribution is 5.84. The van der Waals surface area contributed by atoms with Gasteiger partial charge in [-0.05, 0) is 19.3 Å². The number of amides is 3. The number of carbonyl (C=O) groups excluding carboxylic acids is 3. The lowest BCUT2D eigenvalue weighted by molar-refractivity contribution is -0.140. The summed E-state index contributed by atoms with van der Waals surface area (Å²) in [5.41, 5.74) is 0. The SMILES string of the molecule is CCCNC(=O)CCC(=O)N1CCCC(N2CCNCC2=O)C1. The largest absolute Gasteiger partial charge is 0.356 e. The van der Waals surface area contributed by atoms with E-state index in [1.807, 2.05) is 16.7 Å². The van der Waals surface area contributed by atoms with Crippen molar-refractivity contribution >= 4 is 17.7 Å². The van der Waals surface area contributed by atoms with Crippen LogP contribution in [0.1, 0.15) is 39.0 Å². The molecule has 7 heteroatoms. The zero-order valence-electron chi connectivity index (χ0n) is 14.0. The van der Waals surface area contributed by atoms with Gasteiger partial charge in [-0.1, -0.05) is 6.92 Å². The molecule has 0 bridgehead atoms. The second-order valence-electron chi connectivity index (χ2n) is 6.25. The third-order valence-electron chi connectivity index (χ3n) is 4.45. The maximum atomic E-state index is 12.3. The molecule has 23 heavy (non-hydrogen) atoms. The van der Waals surface area contributed by atoms with E-state index >= 15 is 0 Å². The van der Waals surface area contributed by atoms with Crippen LogP contribution in [0.2, 0.25) is 0 Å². The van der Waals surface area contributed by atoms with Crippen LogP contribution < -0.4 is 10.6 Å². The highest BCUT2D eigenvalue weighted by atomic mass is 16.2. The molecule has 0 saturated carbocycles. The van der Waals surface area contributed by atoms with Crippen molar-refractivity contribution in [2.45, 2.75) is 45.1 Å². The van der Waals surface area contributed by atoms with Crippen LogP contribution in [0.15, 0.2) is 0 Å². The Morgan fingerprint density at radius 3 is 2.87 bits per heavy atom. The highest BCUT2D eigenvalue weighted by Crippen LogP contribution is 2.18. The molecule has 0 radical (unpaired) electrons. The van der Waals surface area contributed by atoms with Crippen molar-refractivity contribution in [2.24, 2.45) is 0 Å². The minimum Gasteiger partial charge on any atom is -0.356 e. The third-order valence-corrected chi connectivity index (χ3v) is 4.45. The van der Waals surface area contributed by atoms with Crippen molar-refractivity contribution in [1.82, 2.24) is 20.4 Å². The smallest absolute Gasteiger partial charge is 0.236 e. The lowest BCUT2D eigenvalue weighted by Crippen LogP contribution is -2.57. The number of rotatable bonds is 6. The fraction of sp³-hybridized carbons (Fsp3) is 0.812. The molecule has 0 aliphatic carbocycles. The predicted molar refractivity (Wildman–Crippen MR) is 86.7 cm³/mol. The molecule has 2 N–H and O–H groups in total. The summed E-state index contributed by atoms with van der Waals surface area (Å²) in [6.45, 7) is 5.90. The predicted octanol–water partition coefficient (Wildman–Crippen LogP) is -0.284. The first-order chi connectivity index (χ1) is 11.1. The van der Waals surface area contributed by atoms with Crippen LogP contribution in [0.5, 0.6) is 0 Å². The van der Waals surface area contributed by atoms with Crippen LogP contribution in [0, 0.1) is 0 Å². The Labute approximate surface area is 137 Å². The summed E-state index contributed by atoms with van der Waals surface area (Å²) < 4.78 is 0. The quantitative estimate of drug-likeness (QED) is 0.704. The molecule has 130 valence electrons. The maximum Gasteiger partial charge on any atom is 0.236 e. The van der Waals surface area contributed by atoms with E-state index in [2.05, 4.69) is 10.6 Å². The van der Waals surface area contributed by atoms with Crippen molar-refractivity contribution in [3.8, 4) is 0 Å². The Balaban J connectivity index is 1.79. The van der Waals surface area contributed by atoms with E-state index in [-0.39, 0.29) is 36.6 Å². The molecule has 0 aromatic rings. The van der Waals surface area contributed by atoms with Crippen LogP contribution in [-0.4, -0.2) is 72.8 Å². The molecule has 2 aliphatic heterocycles. The van der Waals surface area contributed by atoms with Crippen molar-refractivity contribution in [2.75, 3.05) is 39.3 Å². The summed E-state index contributed by atoms with van der Waals surface area (Å²) in [5.74, 6) is 0.0736. The summed E-state index contributed by atoms with van der Waals surface area (Å²) in [4.78, 5) is 39.6. The molecule has 7 nitrogen and oxygen atoms in total. The van der Waals surface area contributed by atoms with Gasteiger partial charge < -0.3 is 20.4 Å². The Morgan fingerprint density at radius 2 is 2.13 bits per heavy atom. The molecule has 1 atom stereocenters. The number of carbonyl (C=O) groups is 3. The molecule has 0 aromatic heterocycles. The first kappa shape index (κ1) is 17.7. The van der Waals surface area contributed by atoms with Crippen molar-refractivity contribution < 1.29 is 14.4 Å². The van der Waals surface area contributed by atoms with Crippen molar-refractivity contribution in [3.05, 3.63) is 0 Å².